The molecule has 9 heavy (non-hydrogen) atoms. The lowest BCUT2D eigenvalue weighted by molar-refractivity contribution is 0.415. The topological polar surface area (TPSA) is 12.5 Å². The summed E-state index contributed by atoms with van der Waals surface area (Å²) in [6.07, 6.45) is 0.409. The van der Waals surface area contributed by atoms with Gasteiger partial charge in [-0.15, -0.1) is 0 Å². The highest BCUT2D eigenvalue weighted by atomic mass is 16.8. The molecule has 1 aromatic carbocycles. The molecule has 1 nitrogen and oxygen atoms in total. The van der Waals surface area contributed by atoms with Crippen molar-refractivity contribution < 1.29 is 4.74 Å². The van der Waals surface area contributed by atoms with Crippen molar-refractivity contribution in [3.8, 4) is 0 Å². The van der Waals surface area contributed by atoms with Gasteiger partial charge in [0.15, 0.2) is 0 Å². The van der Waals surface area contributed by atoms with Crippen molar-refractivity contribution in [3.05, 3.63) is 35.9 Å². The Morgan fingerprint density at radius 3 is 2.44 bits per heavy atom. The Kier molecular flexibility index (Phi) is 1.03. The van der Waals surface area contributed by atoms with Crippen LogP contribution in [-0.2, 0) is 4.74 Å². The van der Waals surface area contributed by atoms with Crippen molar-refractivity contribution >= 4 is 0 Å². The van der Waals surface area contributed by atoms with Gasteiger partial charge in [-0.25, -0.2) is 0 Å². The van der Waals surface area contributed by atoms with Gasteiger partial charge in [-0.2, -0.15) is 0 Å². The van der Waals surface area contributed by atoms with Gasteiger partial charge in [-0.05, 0) is 5.56 Å². The Bertz CT molecular complexity index is 189. The van der Waals surface area contributed by atoms with E-state index in [1.165, 1.54) is 5.56 Å². The van der Waals surface area contributed by atoms with Gasteiger partial charge in [0.25, 0.3) is 0 Å². The second-order valence-electron chi connectivity index (χ2n) is 2.23. The van der Waals surface area contributed by atoms with Crippen LogP contribution in [0.4, 0.5) is 0 Å². The van der Waals surface area contributed by atoms with Crippen LogP contribution in [0.3, 0.4) is 0 Å². The molecule has 0 spiro atoms. The zero-order valence-corrected chi connectivity index (χ0v) is 5.08. The summed E-state index contributed by atoms with van der Waals surface area (Å²) in [5.74, 6) is 0. The van der Waals surface area contributed by atoms with Crippen LogP contribution in [-0.4, -0.2) is 6.61 Å². The first-order valence-electron chi connectivity index (χ1n) is 3.13. The Balaban J connectivity index is 2.29. The van der Waals surface area contributed by atoms with Gasteiger partial charge in [0.1, 0.15) is 6.10 Å². The molecule has 0 saturated carbocycles. The number of hydrogen-bond donors (Lipinski definition) is 0. The molecular formula is C8H8O. The molecule has 1 fully saturated rings. The number of hydrogen-bond acceptors (Lipinski definition) is 1. The molecule has 46 valence electrons. The quantitative estimate of drug-likeness (QED) is 0.408. The van der Waals surface area contributed by atoms with Gasteiger partial charge in [0.05, 0.1) is 6.61 Å². The van der Waals surface area contributed by atoms with Gasteiger partial charge in [0.2, 0.25) is 0 Å². The predicted molar refractivity (Wildman–Crippen MR) is 35.1 cm³/mol. The summed E-state index contributed by atoms with van der Waals surface area (Å²) in [7, 11) is 0. The van der Waals surface area contributed by atoms with Gasteiger partial charge >= 0.3 is 0 Å². The highest BCUT2D eigenvalue weighted by Crippen LogP contribution is 2.28. The van der Waals surface area contributed by atoms with Crippen molar-refractivity contribution in [2.75, 3.05) is 6.61 Å². The maximum absolute atomic E-state index is 5.09. The lowest BCUT2D eigenvalue weighted by Crippen LogP contribution is -1.75. The lowest BCUT2D eigenvalue weighted by atomic mass is 10.3. The predicted octanol–water partition coefficient (Wildman–Crippen LogP) is 1.76. The summed E-state index contributed by atoms with van der Waals surface area (Å²) in [4.78, 5) is 0. The van der Waals surface area contributed by atoms with E-state index >= 15 is 0 Å². The van der Waals surface area contributed by atoms with Gasteiger partial charge in [-0.3, -0.25) is 0 Å². The van der Waals surface area contributed by atoms with Crippen LogP contribution >= 0.6 is 0 Å². The van der Waals surface area contributed by atoms with Crippen LogP contribution in [0.1, 0.15) is 11.7 Å². The monoisotopic (exact) mass is 122 g/mol. The minimum atomic E-state index is 0.409. The Morgan fingerprint density at radius 2 is 1.89 bits per heavy atom. The third-order valence-corrected chi connectivity index (χ3v) is 1.50. The number of benzene rings is 1. The maximum atomic E-state index is 5.09. The van der Waals surface area contributed by atoms with E-state index in [-0.39, 0.29) is 0 Å². The maximum Gasteiger partial charge on any atom is 0.106 e. The number of ether oxygens (including phenoxy) is 1. The van der Waals surface area contributed by atoms with Gasteiger partial charge in [-0.1, -0.05) is 30.3 Å². The average molecular weight is 122 g/mol. The molecule has 1 aliphatic rings. The molecule has 0 radical (unpaired) electrons. The fraction of sp³-hybridized carbons (Fsp3) is 0.250. The van der Waals surface area contributed by atoms with E-state index in [4.69, 9.17) is 4.74 Å². The minimum absolute atomic E-state index is 0.409. The first-order valence-corrected chi connectivity index (χ1v) is 3.13. The zero-order chi connectivity index (χ0) is 6.10. The van der Waals surface area contributed by atoms with Crippen LogP contribution in [0.2, 0.25) is 0 Å². The molecule has 1 heteroatoms. The lowest BCUT2D eigenvalue weighted by Gasteiger charge is -1.89. The molecule has 1 aliphatic heterocycles. The fourth-order valence-electron chi connectivity index (χ4n) is 0.908. The van der Waals surface area contributed by atoms with E-state index in [1.807, 2.05) is 18.2 Å². The highest BCUT2D eigenvalue weighted by Gasteiger charge is 2.23. The van der Waals surface area contributed by atoms with E-state index in [2.05, 4.69) is 12.1 Å². The van der Waals surface area contributed by atoms with Crippen molar-refractivity contribution in [2.45, 2.75) is 6.10 Å². The van der Waals surface area contributed by atoms with Crippen LogP contribution in [0.25, 0.3) is 0 Å². The molecule has 1 aromatic rings. The second-order valence-corrected chi connectivity index (χ2v) is 2.23. The summed E-state index contributed by atoms with van der Waals surface area (Å²) in [5.41, 5.74) is 1.30. The van der Waals surface area contributed by atoms with Crippen molar-refractivity contribution in [1.29, 1.82) is 0 Å². The van der Waals surface area contributed by atoms with Crippen molar-refractivity contribution in [3.63, 3.8) is 0 Å². The van der Waals surface area contributed by atoms with E-state index < -0.39 is 0 Å². The first-order chi connectivity index (χ1) is 4.47. The molecule has 1 atom stereocenters. The third kappa shape index (κ3) is 0.958. The summed E-state index contributed by atoms with van der Waals surface area (Å²) < 4.78 is 5.09. The van der Waals surface area contributed by atoms with Gasteiger partial charge in [0, 0.05) is 0 Å². The first kappa shape index (κ1) is 5.00. The third-order valence-electron chi connectivity index (χ3n) is 1.50. The molecule has 0 N–H and O–H groups in total. The molecule has 1 unspecified atom stereocenters. The molecule has 1 saturated heterocycles. The summed E-state index contributed by atoms with van der Waals surface area (Å²) in [5, 5.41) is 0. The zero-order valence-electron chi connectivity index (χ0n) is 5.08. The minimum Gasteiger partial charge on any atom is -0.368 e. The summed E-state index contributed by atoms with van der Waals surface area (Å²) in [6, 6.07) is 10.3. The largest absolute Gasteiger partial charge is 0.368 e. The average Bonchev–Trinajstić information content (AvgIpc) is 2.71. The van der Waals surface area contributed by atoms with Crippen molar-refractivity contribution in [2.24, 2.45) is 0 Å². The van der Waals surface area contributed by atoms with Crippen LogP contribution in [0, 0.1) is 0 Å². The molecule has 1 heterocycles. The second kappa shape index (κ2) is 1.85. The standard InChI is InChI=1S/C8H8O/c1-2-4-7(5-3-1)8-6-9-8/h1-5,8H,6H2/i6+1,8+1. The molecular weight excluding hydrogens is 114 g/mol. The summed E-state index contributed by atoms with van der Waals surface area (Å²) in [6.45, 7) is 0.907. The fourth-order valence-corrected chi connectivity index (χ4v) is 0.908. The molecule has 0 amide bonds. The van der Waals surface area contributed by atoms with Crippen LogP contribution in [0.15, 0.2) is 30.3 Å². The normalized spacial score (nSPS) is 23.8. The van der Waals surface area contributed by atoms with Gasteiger partial charge < -0.3 is 4.74 Å². The molecule has 0 aliphatic carbocycles. The van der Waals surface area contributed by atoms with Crippen LogP contribution < -0.4 is 0 Å². The molecule has 0 bridgehead atoms. The van der Waals surface area contributed by atoms with E-state index in [1.54, 1.807) is 0 Å². The smallest absolute Gasteiger partial charge is 0.106 e. The van der Waals surface area contributed by atoms with E-state index in [9.17, 15) is 0 Å². The highest BCUT2D eigenvalue weighted by molar-refractivity contribution is 5.19. The van der Waals surface area contributed by atoms with E-state index in [0.29, 0.717) is 6.10 Å². The van der Waals surface area contributed by atoms with Crippen molar-refractivity contribution in [1.82, 2.24) is 0 Å². The van der Waals surface area contributed by atoms with E-state index in [0.717, 1.165) is 6.61 Å². The SMILES string of the molecule is c1ccc([13CH]2[13CH2]O2)cc1. The number of rotatable bonds is 1. The molecule has 2 rings (SSSR count). The Labute approximate surface area is 54.3 Å². The molecule has 0 aromatic heterocycles. The summed E-state index contributed by atoms with van der Waals surface area (Å²) >= 11 is 0. The Morgan fingerprint density at radius 1 is 1.22 bits per heavy atom. The Hall–Kier alpha value is -0.820. The number of epoxide rings is 1. The van der Waals surface area contributed by atoms with Crippen LogP contribution in [0.5, 0.6) is 0 Å².